The second-order valence-corrected chi connectivity index (χ2v) is 22.3. The standard InChI is InChI=1S/C53H61N3O7/c1-27(44(59)60)25-51(61)31-19-17-29-24-30-26-52(62)34(18-16-28-12-8-7-9-13-28)41-46(2,3)36(57)21-22-47(41,4)39-40(58)33-15-11-10-14-32-38(51)35(56-45(54)55)20-23-50(32)42(37(29)31)53(30,63)49(6,43(39)52)48(33,50)5/h7-9,12-13,16,18-20,23,25-26,32-35,38,41-42,61-63H,10-11,14-15,17,21-22,24H2,1-6H3,(H,59,60)(H4,54,55,56)/b18-16+,27-25+/t32-,33-,34-,35-,38-,41-,42-,47-,48+,49+,50+,51+,52-,53+/m1/s1. The number of aliphatic imine (C=N–C) groups is 1. The zero-order valence-electron chi connectivity index (χ0n) is 37.2. The van der Waals surface area contributed by atoms with Gasteiger partial charge in [0.05, 0.1) is 6.04 Å². The van der Waals surface area contributed by atoms with Gasteiger partial charge in [-0.3, -0.25) is 9.59 Å². The molecule has 0 heterocycles. The first-order valence-corrected chi connectivity index (χ1v) is 23.2. The van der Waals surface area contributed by atoms with Crippen LogP contribution in [0, 0.1) is 62.6 Å². The number of ketones is 2. The Morgan fingerprint density at radius 3 is 2.40 bits per heavy atom. The monoisotopic (exact) mass is 851 g/mol. The van der Waals surface area contributed by atoms with Crippen LogP contribution in [0.2, 0.25) is 0 Å². The lowest BCUT2D eigenvalue weighted by Gasteiger charge is -2.71. The normalized spacial score (nSPS) is 47.1. The van der Waals surface area contributed by atoms with E-state index in [-0.39, 0.29) is 23.1 Å². The van der Waals surface area contributed by atoms with Crippen LogP contribution in [-0.2, 0) is 14.4 Å². The highest BCUT2D eigenvalue weighted by Crippen LogP contribution is 2.89. The number of nitrogens with two attached hydrogens (primary N) is 2. The minimum absolute atomic E-state index is 0.00512. The van der Waals surface area contributed by atoms with Crippen LogP contribution in [0.15, 0.2) is 111 Å². The molecule has 8 N–H and O–H groups in total. The number of aliphatic carboxylic acids is 1. The lowest BCUT2D eigenvalue weighted by atomic mass is 9.32. The third-order valence-corrected chi connectivity index (χ3v) is 19.8. The smallest absolute Gasteiger partial charge is 0.331 e. The van der Waals surface area contributed by atoms with Gasteiger partial charge in [0.2, 0.25) is 0 Å². The molecule has 63 heavy (non-hydrogen) atoms. The summed E-state index contributed by atoms with van der Waals surface area (Å²) < 4.78 is 0. The van der Waals surface area contributed by atoms with E-state index < -0.39 is 91.4 Å². The molecule has 11 rings (SSSR count). The fourth-order valence-electron chi connectivity index (χ4n) is 17.8. The van der Waals surface area contributed by atoms with Gasteiger partial charge in [0.25, 0.3) is 0 Å². The van der Waals surface area contributed by atoms with Gasteiger partial charge in [-0.1, -0.05) is 114 Å². The molecular weight excluding hydrogens is 791 g/mol. The minimum atomic E-state index is -1.85. The van der Waals surface area contributed by atoms with Gasteiger partial charge < -0.3 is 31.9 Å². The number of hydrogen-bond donors (Lipinski definition) is 6. The van der Waals surface area contributed by atoms with Crippen LogP contribution < -0.4 is 11.5 Å². The predicted molar refractivity (Wildman–Crippen MR) is 239 cm³/mol. The fraction of sp³-hybridized carbons (Fsp3) is 0.547. The zero-order chi connectivity index (χ0) is 44.8. The van der Waals surface area contributed by atoms with Gasteiger partial charge in [0, 0.05) is 62.9 Å². The van der Waals surface area contributed by atoms with E-state index in [1.807, 2.05) is 68.5 Å². The number of rotatable bonds is 5. The molecular formula is C53H61N3O7. The molecule has 4 fully saturated rings. The average molecular weight is 852 g/mol. The Morgan fingerprint density at radius 2 is 1.70 bits per heavy atom. The van der Waals surface area contributed by atoms with Crippen molar-refractivity contribution in [3.8, 4) is 0 Å². The van der Waals surface area contributed by atoms with Crippen molar-refractivity contribution in [3.05, 3.63) is 111 Å². The molecule has 0 unspecified atom stereocenters. The molecule has 10 aliphatic carbocycles. The van der Waals surface area contributed by atoms with Crippen molar-refractivity contribution < 1.29 is 34.8 Å². The van der Waals surface area contributed by atoms with Crippen LogP contribution in [0.5, 0.6) is 0 Å². The summed E-state index contributed by atoms with van der Waals surface area (Å²) in [5.41, 5.74) is 7.38. The number of fused-ring (bicyclic) bond motifs is 2. The Morgan fingerprint density at radius 1 is 0.984 bits per heavy atom. The number of hydrogen-bond acceptors (Lipinski definition) is 7. The molecule has 1 spiro atoms. The lowest BCUT2D eigenvalue weighted by Crippen LogP contribution is -2.73. The summed E-state index contributed by atoms with van der Waals surface area (Å²) in [6, 6.07) is 9.21. The summed E-state index contributed by atoms with van der Waals surface area (Å²) in [5.74, 6) is -4.77. The number of benzene rings is 1. The molecule has 4 saturated carbocycles. The topological polar surface area (TPSA) is 197 Å². The van der Waals surface area contributed by atoms with Crippen molar-refractivity contribution >= 4 is 29.6 Å². The first-order valence-electron chi connectivity index (χ1n) is 23.2. The van der Waals surface area contributed by atoms with Crippen LogP contribution >= 0.6 is 0 Å². The van der Waals surface area contributed by atoms with E-state index in [0.717, 1.165) is 23.1 Å². The highest BCUT2D eigenvalue weighted by molar-refractivity contribution is 6.04. The maximum absolute atomic E-state index is 16.5. The quantitative estimate of drug-likeness (QED) is 0.0810. The van der Waals surface area contributed by atoms with Gasteiger partial charge in [0.15, 0.2) is 11.7 Å². The van der Waals surface area contributed by atoms with Crippen molar-refractivity contribution in [1.82, 2.24) is 0 Å². The van der Waals surface area contributed by atoms with E-state index in [1.165, 1.54) is 13.0 Å². The van der Waals surface area contributed by atoms with Gasteiger partial charge in [-0.15, -0.1) is 0 Å². The predicted octanol–water partition coefficient (Wildman–Crippen LogP) is 6.69. The van der Waals surface area contributed by atoms with Gasteiger partial charge >= 0.3 is 5.97 Å². The van der Waals surface area contributed by atoms with Crippen molar-refractivity contribution in [2.45, 2.75) is 116 Å². The lowest BCUT2D eigenvalue weighted by molar-refractivity contribution is -0.180. The summed E-state index contributed by atoms with van der Waals surface area (Å²) in [4.78, 5) is 48.3. The van der Waals surface area contributed by atoms with E-state index in [2.05, 4.69) is 32.9 Å². The van der Waals surface area contributed by atoms with Crippen molar-refractivity contribution in [3.63, 3.8) is 0 Å². The molecule has 2 bridgehead atoms. The van der Waals surface area contributed by atoms with Crippen molar-refractivity contribution in [2.75, 3.05) is 0 Å². The van der Waals surface area contributed by atoms with Crippen LogP contribution in [0.4, 0.5) is 0 Å². The molecule has 0 radical (unpaired) electrons. The molecule has 1 aromatic carbocycles. The first-order chi connectivity index (χ1) is 29.6. The number of Topliss-reactive ketones (excluding diaryl/α,β-unsaturated/α-hetero) is 2. The van der Waals surface area contributed by atoms with Crippen molar-refractivity contribution in [2.24, 2.45) is 79.0 Å². The Balaban J connectivity index is 1.30. The minimum Gasteiger partial charge on any atom is -0.478 e. The van der Waals surface area contributed by atoms with Crippen LogP contribution in [0.25, 0.3) is 6.08 Å². The number of carbonyl (C=O) groups is 3. The SMILES string of the molecule is C/C(=C\[C@]1(O)C2=CCC3=C2[C@@H]2[C@]45C=C[C@@H](N=C(N)N)[C@H]1[C@H]4CCCC[C@@H]1C(=O)C4=C6[C@@](C)([C@]15C)[C@]2(O)C(=C[C@@]6(O)[C@H](/C=C/c1ccccc1)[C@@H]1C(C)(C)C(=O)CC[C@]41C)C3)C(=O)O. The maximum Gasteiger partial charge on any atom is 0.331 e. The molecule has 1 aromatic rings. The second-order valence-electron chi connectivity index (χ2n) is 22.3. The average Bonchev–Trinajstić information content (AvgIpc) is 3.67. The van der Waals surface area contributed by atoms with E-state index in [4.69, 9.17) is 16.5 Å². The maximum atomic E-state index is 16.5. The number of carbonyl (C=O) groups excluding carboxylic acids is 2. The van der Waals surface area contributed by atoms with Gasteiger partial charge in [-0.2, -0.15) is 0 Å². The summed E-state index contributed by atoms with van der Waals surface area (Å²) in [7, 11) is 0. The van der Waals surface area contributed by atoms with Crippen LogP contribution in [0.3, 0.4) is 0 Å². The molecule has 0 aliphatic heterocycles. The van der Waals surface area contributed by atoms with E-state index in [0.29, 0.717) is 67.2 Å². The van der Waals surface area contributed by atoms with Gasteiger partial charge in [-0.05, 0) is 96.3 Å². The molecule has 0 saturated heterocycles. The van der Waals surface area contributed by atoms with Gasteiger partial charge in [0.1, 0.15) is 22.6 Å². The highest BCUT2D eigenvalue weighted by atomic mass is 16.4. The first kappa shape index (κ1) is 41.1. The molecule has 14 atom stereocenters. The Kier molecular flexibility index (Phi) is 8.07. The fourth-order valence-corrected chi connectivity index (χ4v) is 17.8. The molecule has 330 valence electrons. The molecule has 10 nitrogen and oxygen atoms in total. The number of guanidine groups is 1. The Hall–Kier alpha value is -4.64. The highest BCUT2D eigenvalue weighted by Gasteiger charge is 2.90. The van der Waals surface area contributed by atoms with E-state index in [1.54, 1.807) is 0 Å². The molecule has 10 aliphatic rings. The summed E-state index contributed by atoms with van der Waals surface area (Å²) in [5, 5.41) is 53.3. The summed E-state index contributed by atoms with van der Waals surface area (Å²) >= 11 is 0. The summed E-state index contributed by atoms with van der Waals surface area (Å²) in [6.45, 7) is 12.0. The van der Waals surface area contributed by atoms with Crippen LogP contribution in [-0.4, -0.2) is 66.8 Å². The molecule has 0 aromatic heterocycles. The largest absolute Gasteiger partial charge is 0.478 e. The third-order valence-electron chi connectivity index (χ3n) is 19.8. The third kappa shape index (κ3) is 4.34. The molecule has 10 heteroatoms. The summed E-state index contributed by atoms with van der Waals surface area (Å²) in [6.07, 6.45) is 17.9. The Labute approximate surface area is 369 Å². The second kappa shape index (κ2) is 12.4. The van der Waals surface area contributed by atoms with Gasteiger partial charge in [-0.25, -0.2) is 9.79 Å². The van der Waals surface area contributed by atoms with E-state index in [9.17, 15) is 30.0 Å². The zero-order valence-corrected chi connectivity index (χ0v) is 37.2. The Bertz CT molecular complexity index is 2610. The van der Waals surface area contributed by atoms with E-state index >= 15 is 4.79 Å². The van der Waals surface area contributed by atoms with Crippen molar-refractivity contribution in [1.29, 1.82) is 0 Å². The van der Waals surface area contributed by atoms with Crippen LogP contribution in [0.1, 0.15) is 98.5 Å². The number of aliphatic hydroxyl groups is 3. The number of carboxylic acids is 1. The number of nitrogens with zero attached hydrogens (tertiary/aromatic N) is 1. The number of carboxylic acid groups (broad SMARTS) is 1. The molecule has 0 amide bonds. The number of allylic oxidation sites excluding steroid dienone is 4.